The van der Waals surface area contributed by atoms with Crippen molar-refractivity contribution < 1.29 is 18.6 Å². The molecule has 106 valence electrons. The van der Waals surface area contributed by atoms with Crippen LogP contribution in [0.1, 0.15) is 23.7 Å². The minimum atomic E-state index is -2.85. The largest absolute Gasteiger partial charge is 0.435 e. The van der Waals surface area contributed by atoms with E-state index in [9.17, 15) is 13.9 Å². The first-order chi connectivity index (χ1) is 9.65. The van der Waals surface area contributed by atoms with E-state index >= 15 is 0 Å². The molecule has 2 nitrogen and oxygen atoms in total. The summed E-state index contributed by atoms with van der Waals surface area (Å²) in [4.78, 5) is 0. The Kier molecular flexibility index (Phi) is 5.07. The van der Waals surface area contributed by atoms with Crippen molar-refractivity contribution in [2.75, 3.05) is 0 Å². The Bertz CT molecular complexity index is 529. The van der Waals surface area contributed by atoms with E-state index in [2.05, 4.69) is 4.74 Å². The Morgan fingerprint density at radius 2 is 1.75 bits per heavy atom. The normalized spacial score (nSPS) is 12.4. The molecule has 2 aromatic rings. The second kappa shape index (κ2) is 7.01. The topological polar surface area (TPSA) is 29.5 Å². The van der Waals surface area contributed by atoms with Gasteiger partial charge in [-0.1, -0.05) is 42.5 Å². The highest BCUT2D eigenvalue weighted by Crippen LogP contribution is 2.24. The summed E-state index contributed by atoms with van der Waals surface area (Å²) in [5.74, 6) is 0.0660. The lowest BCUT2D eigenvalue weighted by Crippen LogP contribution is -2.04. The summed E-state index contributed by atoms with van der Waals surface area (Å²) in [6.07, 6.45) is 0.556. The number of rotatable bonds is 6. The average molecular weight is 278 g/mol. The van der Waals surface area contributed by atoms with Gasteiger partial charge in [-0.3, -0.25) is 0 Å². The summed E-state index contributed by atoms with van der Waals surface area (Å²) < 4.78 is 28.6. The van der Waals surface area contributed by atoms with Crippen LogP contribution < -0.4 is 4.74 Å². The van der Waals surface area contributed by atoms with Crippen molar-refractivity contribution in [2.24, 2.45) is 0 Å². The van der Waals surface area contributed by atoms with Crippen LogP contribution in [0.3, 0.4) is 0 Å². The van der Waals surface area contributed by atoms with Crippen LogP contribution in [0.15, 0.2) is 54.6 Å². The van der Waals surface area contributed by atoms with Crippen molar-refractivity contribution in [3.8, 4) is 5.75 Å². The van der Waals surface area contributed by atoms with Crippen molar-refractivity contribution in [2.45, 2.75) is 25.6 Å². The standard InChI is InChI=1S/C16H16F2O2/c17-16(18)20-14-8-4-7-13(11-14)15(19)10-9-12-5-2-1-3-6-12/h1-8,11,15-16,19H,9-10H2. The first-order valence-electron chi connectivity index (χ1n) is 6.42. The summed E-state index contributed by atoms with van der Waals surface area (Å²) in [7, 11) is 0. The molecular formula is C16H16F2O2. The molecule has 20 heavy (non-hydrogen) atoms. The predicted molar refractivity (Wildman–Crippen MR) is 72.8 cm³/mol. The van der Waals surface area contributed by atoms with Gasteiger partial charge in [-0.25, -0.2) is 0 Å². The van der Waals surface area contributed by atoms with Crippen molar-refractivity contribution in [3.05, 3.63) is 65.7 Å². The lowest BCUT2D eigenvalue weighted by molar-refractivity contribution is -0.0499. The van der Waals surface area contributed by atoms with Gasteiger partial charge in [0, 0.05) is 0 Å². The third-order valence-corrected chi connectivity index (χ3v) is 3.02. The van der Waals surface area contributed by atoms with Gasteiger partial charge in [-0.2, -0.15) is 8.78 Å². The van der Waals surface area contributed by atoms with Crippen molar-refractivity contribution in [3.63, 3.8) is 0 Å². The number of hydrogen-bond donors (Lipinski definition) is 1. The number of aliphatic hydroxyl groups excluding tert-OH is 1. The molecule has 1 atom stereocenters. The number of benzene rings is 2. The average Bonchev–Trinajstić information content (AvgIpc) is 2.45. The Labute approximate surface area is 116 Å². The molecule has 4 heteroatoms. The monoisotopic (exact) mass is 278 g/mol. The molecule has 0 bridgehead atoms. The molecule has 2 rings (SSSR count). The number of hydrogen-bond acceptors (Lipinski definition) is 2. The maximum Gasteiger partial charge on any atom is 0.387 e. The highest BCUT2D eigenvalue weighted by atomic mass is 19.3. The van der Waals surface area contributed by atoms with Gasteiger partial charge in [0.1, 0.15) is 5.75 Å². The molecule has 0 amide bonds. The lowest BCUT2D eigenvalue weighted by Gasteiger charge is -2.12. The van der Waals surface area contributed by atoms with Crippen LogP contribution in [-0.4, -0.2) is 11.7 Å². The van der Waals surface area contributed by atoms with Gasteiger partial charge >= 0.3 is 6.61 Å². The van der Waals surface area contributed by atoms with Crippen LogP contribution in [0, 0.1) is 0 Å². The van der Waals surface area contributed by atoms with E-state index in [-0.39, 0.29) is 5.75 Å². The third kappa shape index (κ3) is 4.31. The highest BCUT2D eigenvalue weighted by Gasteiger charge is 2.10. The molecule has 0 saturated heterocycles. The van der Waals surface area contributed by atoms with Crippen molar-refractivity contribution in [1.29, 1.82) is 0 Å². The summed E-state index contributed by atoms with van der Waals surface area (Å²) in [5, 5.41) is 10.1. The number of alkyl halides is 2. The van der Waals surface area contributed by atoms with Crippen LogP contribution in [0.4, 0.5) is 8.78 Å². The number of ether oxygens (including phenoxy) is 1. The van der Waals surface area contributed by atoms with E-state index in [1.807, 2.05) is 30.3 Å². The van der Waals surface area contributed by atoms with Crippen LogP contribution >= 0.6 is 0 Å². The fourth-order valence-electron chi connectivity index (χ4n) is 2.01. The third-order valence-electron chi connectivity index (χ3n) is 3.02. The fourth-order valence-corrected chi connectivity index (χ4v) is 2.01. The van der Waals surface area contributed by atoms with Crippen LogP contribution in [0.2, 0.25) is 0 Å². The summed E-state index contributed by atoms with van der Waals surface area (Å²) in [5.41, 5.74) is 1.71. The molecule has 0 saturated carbocycles. The number of halogens is 2. The Hall–Kier alpha value is -1.94. The van der Waals surface area contributed by atoms with Gasteiger partial charge < -0.3 is 9.84 Å². The first kappa shape index (κ1) is 14.5. The second-order valence-electron chi connectivity index (χ2n) is 4.49. The fraction of sp³-hybridized carbons (Fsp3) is 0.250. The SMILES string of the molecule is OC(CCc1ccccc1)c1cccc(OC(F)F)c1. The van der Waals surface area contributed by atoms with E-state index in [0.29, 0.717) is 12.0 Å². The van der Waals surface area contributed by atoms with Gasteiger partial charge in [0.05, 0.1) is 6.10 Å². The molecule has 0 radical (unpaired) electrons. The summed E-state index contributed by atoms with van der Waals surface area (Å²) >= 11 is 0. The minimum absolute atomic E-state index is 0.0660. The molecule has 2 aromatic carbocycles. The van der Waals surface area contributed by atoms with E-state index in [0.717, 1.165) is 12.0 Å². The van der Waals surface area contributed by atoms with Gasteiger partial charge in [-0.05, 0) is 36.1 Å². The maximum atomic E-state index is 12.1. The minimum Gasteiger partial charge on any atom is -0.435 e. The zero-order valence-electron chi connectivity index (χ0n) is 10.9. The van der Waals surface area contributed by atoms with Gasteiger partial charge in [0.25, 0.3) is 0 Å². The molecule has 0 heterocycles. The van der Waals surface area contributed by atoms with Crippen molar-refractivity contribution >= 4 is 0 Å². The molecule has 0 aliphatic carbocycles. The molecule has 0 aliphatic heterocycles. The molecule has 1 unspecified atom stereocenters. The van der Waals surface area contributed by atoms with Crippen LogP contribution in [-0.2, 0) is 6.42 Å². The van der Waals surface area contributed by atoms with Crippen LogP contribution in [0.5, 0.6) is 5.75 Å². The quantitative estimate of drug-likeness (QED) is 0.866. The smallest absolute Gasteiger partial charge is 0.387 e. The Balaban J connectivity index is 1.96. The van der Waals surface area contributed by atoms with Gasteiger partial charge in [0.2, 0.25) is 0 Å². The second-order valence-corrected chi connectivity index (χ2v) is 4.49. The zero-order valence-corrected chi connectivity index (χ0v) is 10.9. The van der Waals surface area contributed by atoms with Gasteiger partial charge in [0.15, 0.2) is 0 Å². The highest BCUT2D eigenvalue weighted by molar-refractivity contribution is 5.30. The van der Waals surface area contributed by atoms with Gasteiger partial charge in [-0.15, -0.1) is 0 Å². The van der Waals surface area contributed by atoms with E-state index in [1.165, 1.54) is 12.1 Å². The predicted octanol–water partition coefficient (Wildman–Crippen LogP) is 3.95. The molecule has 1 N–H and O–H groups in total. The Morgan fingerprint density at radius 3 is 2.45 bits per heavy atom. The number of aliphatic hydroxyl groups is 1. The Morgan fingerprint density at radius 1 is 1.00 bits per heavy atom. The molecule has 0 aromatic heterocycles. The van der Waals surface area contributed by atoms with Crippen molar-refractivity contribution in [1.82, 2.24) is 0 Å². The zero-order chi connectivity index (χ0) is 14.4. The molecule has 0 aliphatic rings. The molecular weight excluding hydrogens is 262 g/mol. The van der Waals surface area contributed by atoms with E-state index in [4.69, 9.17) is 0 Å². The summed E-state index contributed by atoms with van der Waals surface area (Å²) in [6.45, 7) is -2.85. The van der Waals surface area contributed by atoms with E-state index < -0.39 is 12.7 Å². The first-order valence-corrected chi connectivity index (χ1v) is 6.42. The van der Waals surface area contributed by atoms with Crippen LogP contribution in [0.25, 0.3) is 0 Å². The maximum absolute atomic E-state index is 12.1. The van der Waals surface area contributed by atoms with E-state index in [1.54, 1.807) is 12.1 Å². The summed E-state index contributed by atoms with van der Waals surface area (Å²) in [6, 6.07) is 16.0. The number of aryl methyl sites for hydroxylation is 1. The molecule has 0 fully saturated rings. The molecule has 0 spiro atoms. The lowest BCUT2D eigenvalue weighted by atomic mass is 10.0.